The minimum Gasteiger partial charge on any atom is -0.506 e. The molecule has 26 heavy (non-hydrogen) atoms. The van der Waals surface area contributed by atoms with E-state index in [0.29, 0.717) is 0 Å². The van der Waals surface area contributed by atoms with E-state index in [0.717, 1.165) is 22.9 Å². The van der Waals surface area contributed by atoms with Crippen LogP contribution in [0, 0.1) is 37.3 Å². The molecule has 14 heteroatoms. The average molecular weight is 366 g/mol. The second-order valence-corrected chi connectivity index (χ2v) is 4.94. The SMILES string of the molecule is Cc1c([N+](=O)[O-])c([N+](=O)[O-])nn1CC(=O)Nc1ccc([N+](=O)[O-])cc1O. The minimum absolute atomic E-state index is 0.144. The van der Waals surface area contributed by atoms with Crippen LogP contribution in [0.25, 0.3) is 0 Å². The van der Waals surface area contributed by atoms with Crippen LogP contribution in [0.15, 0.2) is 18.2 Å². The number of nitrogens with zero attached hydrogens (tertiary/aromatic N) is 5. The van der Waals surface area contributed by atoms with E-state index in [2.05, 4.69) is 10.4 Å². The van der Waals surface area contributed by atoms with Crippen molar-refractivity contribution >= 4 is 28.8 Å². The predicted molar refractivity (Wildman–Crippen MR) is 83.7 cm³/mol. The van der Waals surface area contributed by atoms with Gasteiger partial charge in [-0.2, -0.15) is 4.68 Å². The van der Waals surface area contributed by atoms with Crippen molar-refractivity contribution in [3.8, 4) is 5.75 Å². The minimum atomic E-state index is -1.04. The lowest BCUT2D eigenvalue weighted by Crippen LogP contribution is -2.20. The summed E-state index contributed by atoms with van der Waals surface area (Å²) < 4.78 is 0.772. The Kier molecular flexibility index (Phi) is 4.77. The van der Waals surface area contributed by atoms with Gasteiger partial charge < -0.3 is 20.5 Å². The van der Waals surface area contributed by atoms with Crippen LogP contribution in [0.3, 0.4) is 0 Å². The Labute approximate surface area is 143 Å². The quantitative estimate of drug-likeness (QED) is 0.429. The zero-order valence-electron chi connectivity index (χ0n) is 13.0. The van der Waals surface area contributed by atoms with E-state index in [-0.39, 0.29) is 11.4 Å². The summed E-state index contributed by atoms with van der Waals surface area (Å²) >= 11 is 0. The maximum Gasteiger partial charge on any atom is 0.468 e. The molecule has 0 radical (unpaired) electrons. The first-order valence-electron chi connectivity index (χ1n) is 6.75. The molecule has 0 atom stereocenters. The summed E-state index contributed by atoms with van der Waals surface area (Å²) in [5.74, 6) is -2.38. The van der Waals surface area contributed by atoms with Gasteiger partial charge in [-0.25, -0.2) is 0 Å². The second-order valence-electron chi connectivity index (χ2n) is 4.94. The Hall–Kier alpha value is -4.10. The Morgan fingerprint density at radius 2 is 1.85 bits per heavy atom. The van der Waals surface area contributed by atoms with Crippen LogP contribution in [0.1, 0.15) is 5.69 Å². The molecule has 0 spiro atoms. The summed E-state index contributed by atoms with van der Waals surface area (Å²) in [5, 5.41) is 47.7. The summed E-state index contributed by atoms with van der Waals surface area (Å²) in [7, 11) is 0. The molecule has 0 aliphatic carbocycles. The van der Waals surface area contributed by atoms with Crippen LogP contribution < -0.4 is 5.32 Å². The number of nitro groups is 3. The number of anilines is 1. The predicted octanol–water partition coefficient (Wildman–Crippen LogP) is 1.26. The third-order valence-electron chi connectivity index (χ3n) is 3.27. The number of phenolic OH excluding ortho intramolecular Hbond substituents is 1. The molecule has 0 aliphatic heterocycles. The van der Waals surface area contributed by atoms with Crippen molar-refractivity contribution in [1.29, 1.82) is 0 Å². The fraction of sp³-hybridized carbons (Fsp3) is 0.167. The largest absolute Gasteiger partial charge is 0.506 e. The molecule has 1 aromatic carbocycles. The molecule has 0 aliphatic rings. The van der Waals surface area contributed by atoms with Gasteiger partial charge in [0, 0.05) is 6.07 Å². The number of nitrogens with one attached hydrogen (secondary N) is 1. The number of amides is 1. The van der Waals surface area contributed by atoms with Crippen LogP contribution >= 0.6 is 0 Å². The van der Waals surface area contributed by atoms with E-state index in [9.17, 15) is 40.2 Å². The third kappa shape index (κ3) is 3.53. The lowest BCUT2D eigenvalue weighted by Gasteiger charge is -2.06. The number of carbonyl (C=O) groups excluding carboxylic acids is 1. The standard InChI is InChI=1S/C12H10N6O8/c1-6-11(17(23)24)12(18(25)26)14-15(6)5-10(20)13-8-3-2-7(16(21)22)4-9(8)19/h2-4,19H,5H2,1H3,(H,13,20). The molecule has 1 heterocycles. The molecular weight excluding hydrogens is 356 g/mol. The number of hydrogen-bond donors (Lipinski definition) is 2. The van der Waals surface area contributed by atoms with Gasteiger partial charge in [0.1, 0.15) is 18.0 Å². The van der Waals surface area contributed by atoms with E-state index in [1.54, 1.807) is 0 Å². The summed E-state index contributed by atoms with van der Waals surface area (Å²) in [6.07, 6.45) is 0. The van der Waals surface area contributed by atoms with E-state index >= 15 is 0 Å². The Balaban J connectivity index is 2.23. The number of non-ortho nitro benzene ring substituents is 1. The molecule has 1 amide bonds. The summed E-state index contributed by atoms with van der Waals surface area (Å²) in [5.41, 5.74) is -1.57. The van der Waals surface area contributed by atoms with Gasteiger partial charge in [-0.15, -0.1) is 0 Å². The van der Waals surface area contributed by atoms with Crippen LogP contribution in [0.4, 0.5) is 22.9 Å². The zero-order valence-corrected chi connectivity index (χ0v) is 13.0. The highest BCUT2D eigenvalue weighted by molar-refractivity contribution is 5.92. The fourth-order valence-electron chi connectivity index (χ4n) is 2.08. The average Bonchev–Trinajstić information content (AvgIpc) is 2.86. The smallest absolute Gasteiger partial charge is 0.468 e. The fourth-order valence-corrected chi connectivity index (χ4v) is 2.08. The Bertz CT molecular complexity index is 936. The first-order valence-corrected chi connectivity index (χ1v) is 6.75. The van der Waals surface area contributed by atoms with Gasteiger partial charge in [0.05, 0.1) is 26.7 Å². The lowest BCUT2D eigenvalue weighted by atomic mass is 10.2. The summed E-state index contributed by atoms with van der Waals surface area (Å²) in [6, 6.07) is 2.96. The molecule has 14 nitrogen and oxygen atoms in total. The molecule has 2 rings (SSSR count). The number of rotatable bonds is 6. The first-order chi connectivity index (χ1) is 12.1. The third-order valence-corrected chi connectivity index (χ3v) is 3.27. The van der Waals surface area contributed by atoms with Crippen molar-refractivity contribution < 1.29 is 24.7 Å². The van der Waals surface area contributed by atoms with Crippen LogP contribution in [0.5, 0.6) is 5.75 Å². The van der Waals surface area contributed by atoms with Gasteiger partial charge in [0.2, 0.25) is 5.91 Å². The maximum absolute atomic E-state index is 12.0. The van der Waals surface area contributed by atoms with E-state index in [4.69, 9.17) is 0 Å². The number of carbonyl (C=O) groups is 1. The summed E-state index contributed by atoms with van der Waals surface area (Å²) in [4.78, 5) is 41.6. The number of benzene rings is 1. The van der Waals surface area contributed by atoms with Crippen molar-refractivity contribution in [3.63, 3.8) is 0 Å². The molecule has 0 bridgehead atoms. The zero-order chi connectivity index (χ0) is 19.6. The second kappa shape index (κ2) is 6.80. The van der Waals surface area contributed by atoms with Crippen molar-refractivity contribution in [2.24, 2.45) is 0 Å². The van der Waals surface area contributed by atoms with Crippen LogP contribution in [-0.2, 0) is 11.3 Å². The molecule has 1 aromatic heterocycles. The molecule has 0 saturated heterocycles. The monoisotopic (exact) mass is 366 g/mol. The topological polar surface area (TPSA) is 197 Å². The number of nitro benzene ring substituents is 1. The number of aromatic nitrogens is 2. The van der Waals surface area contributed by atoms with Crippen molar-refractivity contribution in [3.05, 3.63) is 54.2 Å². The summed E-state index contributed by atoms with van der Waals surface area (Å²) in [6.45, 7) is 0.575. The normalized spacial score (nSPS) is 10.3. The Morgan fingerprint density at radius 1 is 1.19 bits per heavy atom. The number of hydrogen-bond acceptors (Lipinski definition) is 9. The Morgan fingerprint density at radius 3 is 2.31 bits per heavy atom. The van der Waals surface area contributed by atoms with Gasteiger partial charge in [0.25, 0.3) is 5.69 Å². The number of phenols is 1. The molecule has 136 valence electrons. The number of aromatic hydroxyl groups is 1. The highest BCUT2D eigenvalue weighted by Crippen LogP contribution is 2.30. The van der Waals surface area contributed by atoms with Crippen LogP contribution in [0.2, 0.25) is 0 Å². The van der Waals surface area contributed by atoms with Gasteiger partial charge in [-0.05, 0) is 17.9 Å². The molecule has 2 N–H and O–H groups in total. The first kappa shape index (κ1) is 18.2. The molecule has 0 fully saturated rings. The van der Waals surface area contributed by atoms with Crippen molar-refractivity contribution in [2.45, 2.75) is 13.5 Å². The lowest BCUT2D eigenvalue weighted by molar-refractivity contribution is -0.424. The molecule has 0 unspecified atom stereocenters. The van der Waals surface area contributed by atoms with E-state index in [1.165, 1.54) is 6.92 Å². The van der Waals surface area contributed by atoms with E-state index in [1.807, 2.05) is 0 Å². The van der Waals surface area contributed by atoms with Gasteiger partial charge >= 0.3 is 11.5 Å². The highest BCUT2D eigenvalue weighted by atomic mass is 16.6. The van der Waals surface area contributed by atoms with Crippen molar-refractivity contribution in [2.75, 3.05) is 5.32 Å². The van der Waals surface area contributed by atoms with Gasteiger partial charge in [-0.3, -0.25) is 25.0 Å². The van der Waals surface area contributed by atoms with Crippen molar-refractivity contribution in [1.82, 2.24) is 9.78 Å². The molecular formula is C12H10N6O8. The maximum atomic E-state index is 12.0. The van der Waals surface area contributed by atoms with Gasteiger partial charge in [0.15, 0.2) is 0 Å². The highest BCUT2D eigenvalue weighted by Gasteiger charge is 2.35. The molecule has 0 saturated carbocycles. The van der Waals surface area contributed by atoms with E-state index < -0.39 is 50.2 Å². The van der Waals surface area contributed by atoms with Crippen LogP contribution in [-0.4, -0.2) is 35.6 Å². The van der Waals surface area contributed by atoms with Gasteiger partial charge in [-0.1, -0.05) is 0 Å². The molecule has 2 aromatic rings.